The van der Waals surface area contributed by atoms with E-state index in [1.807, 2.05) is 0 Å². The largest absolute Gasteiger partial charge is 0.463 e. The van der Waals surface area contributed by atoms with Crippen LogP contribution in [0.2, 0.25) is 10.0 Å². The molecule has 0 unspecified atom stereocenters. The first-order valence-electron chi connectivity index (χ1n) is 4.62. The number of hydrogen-bond acceptors (Lipinski definition) is 4. The first-order chi connectivity index (χ1) is 8.11. The van der Waals surface area contributed by atoms with E-state index in [1.54, 1.807) is 18.2 Å². The van der Waals surface area contributed by atoms with Gasteiger partial charge in [0.05, 0.1) is 12.1 Å². The average molecular weight is 272 g/mol. The lowest BCUT2D eigenvalue weighted by atomic mass is 10.1. The molecule has 0 spiro atoms. The van der Waals surface area contributed by atoms with Crippen LogP contribution in [0.15, 0.2) is 28.8 Å². The molecule has 0 saturated carbocycles. The van der Waals surface area contributed by atoms with Gasteiger partial charge in [-0.1, -0.05) is 28.4 Å². The van der Waals surface area contributed by atoms with Gasteiger partial charge in [0.25, 0.3) is 0 Å². The summed E-state index contributed by atoms with van der Waals surface area (Å²) in [4.78, 5) is 11.2. The topological polar surface area (TPSA) is 52.3 Å². The van der Waals surface area contributed by atoms with Crippen LogP contribution in [0.25, 0.3) is 11.3 Å². The molecule has 17 heavy (non-hydrogen) atoms. The van der Waals surface area contributed by atoms with E-state index in [-0.39, 0.29) is 5.76 Å². The van der Waals surface area contributed by atoms with E-state index in [9.17, 15) is 4.79 Å². The summed E-state index contributed by atoms with van der Waals surface area (Å²) in [7, 11) is 1.26. The van der Waals surface area contributed by atoms with Gasteiger partial charge in [-0.2, -0.15) is 0 Å². The highest BCUT2D eigenvalue weighted by Crippen LogP contribution is 2.29. The fourth-order valence-electron chi connectivity index (χ4n) is 1.30. The number of esters is 1. The summed E-state index contributed by atoms with van der Waals surface area (Å²) in [5, 5.41) is 4.70. The van der Waals surface area contributed by atoms with Crippen LogP contribution < -0.4 is 0 Å². The van der Waals surface area contributed by atoms with Gasteiger partial charge < -0.3 is 9.26 Å². The number of hydrogen-bond donors (Lipinski definition) is 0. The van der Waals surface area contributed by atoms with Crippen molar-refractivity contribution >= 4 is 29.2 Å². The van der Waals surface area contributed by atoms with Crippen LogP contribution in [0.1, 0.15) is 10.6 Å². The minimum absolute atomic E-state index is 0.0218. The van der Waals surface area contributed by atoms with Gasteiger partial charge in [0, 0.05) is 16.7 Å². The maximum absolute atomic E-state index is 11.2. The molecule has 0 aliphatic heterocycles. The molecule has 1 heterocycles. The Kier molecular flexibility index (Phi) is 3.36. The highest BCUT2D eigenvalue weighted by atomic mass is 35.5. The van der Waals surface area contributed by atoms with Gasteiger partial charge in [-0.25, -0.2) is 4.79 Å². The van der Waals surface area contributed by atoms with Crippen LogP contribution in [0, 0.1) is 0 Å². The predicted molar refractivity (Wildman–Crippen MR) is 63.3 cm³/mol. The second-order valence-corrected chi connectivity index (χ2v) is 4.04. The Morgan fingerprint density at radius 3 is 2.76 bits per heavy atom. The highest BCUT2D eigenvalue weighted by Gasteiger charge is 2.15. The zero-order valence-electron chi connectivity index (χ0n) is 8.74. The Balaban J connectivity index is 2.40. The Bertz CT molecular complexity index is 566. The number of nitrogens with zero attached hydrogens (tertiary/aromatic N) is 1. The van der Waals surface area contributed by atoms with Crippen molar-refractivity contribution in [3.05, 3.63) is 40.1 Å². The van der Waals surface area contributed by atoms with Crippen LogP contribution in [0.3, 0.4) is 0 Å². The summed E-state index contributed by atoms with van der Waals surface area (Å²) in [5.41, 5.74) is 1.09. The van der Waals surface area contributed by atoms with Gasteiger partial charge >= 0.3 is 5.97 Å². The van der Waals surface area contributed by atoms with E-state index >= 15 is 0 Å². The van der Waals surface area contributed by atoms with Crippen LogP contribution in [0.5, 0.6) is 0 Å². The van der Waals surface area contributed by atoms with Crippen molar-refractivity contribution in [2.75, 3.05) is 7.11 Å². The van der Waals surface area contributed by atoms with Gasteiger partial charge in [0.15, 0.2) is 0 Å². The summed E-state index contributed by atoms with van der Waals surface area (Å²) >= 11 is 11.8. The number of carbonyl (C=O) groups excluding carboxylic acids is 1. The quantitative estimate of drug-likeness (QED) is 0.786. The molecule has 0 amide bonds. The number of methoxy groups -OCH3 is 1. The molecular weight excluding hydrogens is 265 g/mol. The zero-order valence-corrected chi connectivity index (χ0v) is 10.2. The summed E-state index contributed by atoms with van der Waals surface area (Å²) in [6.45, 7) is 0. The molecule has 1 aromatic carbocycles. The Hall–Kier alpha value is -1.52. The molecule has 88 valence electrons. The fraction of sp³-hybridized carbons (Fsp3) is 0.0909. The van der Waals surface area contributed by atoms with Gasteiger partial charge in [-0.15, -0.1) is 0 Å². The van der Waals surface area contributed by atoms with Gasteiger partial charge in [0.1, 0.15) is 5.69 Å². The molecule has 0 aliphatic carbocycles. The third-order valence-electron chi connectivity index (χ3n) is 2.10. The van der Waals surface area contributed by atoms with Gasteiger partial charge in [-0.05, 0) is 18.2 Å². The van der Waals surface area contributed by atoms with E-state index in [2.05, 4.69) is 9.89 Å². The van der Waals surface area contributed by atoms with Crippen molar-refractivity contribution < 1.29 is 14.1 Å². The smallest absolute Gasteiger partial charge is 0.376 e. The molecule has 0 fully saturated rings. The van der Waals surface area contributed by atoms with E-state index in [4.69, 9.17) is 27.7 Å². The number of rotatable bonds is 2. The second-order valence-electron chi connectivity index (χ2n) is 3.19. The van der Waals surface area contributed by atoms with Crippen molar-refractivity contribution in [1.82, 2.24) is 5.16 Å². The van der Waals surface area contributed by atoms with E-state index < -0.39 is 5.97 Å². The minimum atomic E-state index is -0.589. The van der Waals surface area contributed by atoms with Gasteiger partial charge in [0.2, 0.25) is 5.76 Å². The number of ether oxygens (including phenoxy) is 1. The predicted octanol–water partition coefficient (Wildman–Crippen LogP) is 3.44. The Morgan fingerprint density at radius 2 is 2.12 bits per heavy atom. The Morgan fingerprint density at radius 1 is 1.35 bits per heavy atom. The average Bonchev–Trinajstić information content (AvgIpc) is 2.77. The van der Waals surface area contributed by atoms with E-state index in [0.717, 1.165) is 0 Å². The molecule has 0 atom stereocenters. The molecule has 2 rings (SSSR count). The van der Waals surface area contributed by atoms with Crippen LogP contribution >= 0.6 is 23.2 Å². The third-order valence-corrected chi connectivity index (χ3v) is 2.65. The number of benzene rings is 1. The van der Waals surface area contributed by atoms with Crippen molar-refractivity contribution in [3.63, 3.8) is 0 Å². The van der Waals surface area contributed by atoms with Crippen LogP contribution in [-0.4, -0.2) is 18.2 Å². The molecule has 2 aromatic rings. The lowest BCUT2D eigenvalue weighted by Gasteiger charge is -1.99. The summed E-state index contributed by atoms with van der Waals surface area (Å²) < 4.78 is 9.35. The molecule has 6 heteroatoms. The van der Waals surface area contributed by atoms with Crippen LogP contribution in [0.4, 0.5) is 0 Å². The molecule has 0 bridgehead atoms. The lowest BCUT2D eigenvalue weighted by Crippen LogP contribution is -1.98. The minimum Gasteiger partial charge on any atom is -0.463 e. The third kappa shape index (κ3) is 2.43. The first kappa shape index (κ1) is 12.0. The van der Waals surface area contributed by atoms with Crippen molar-refractivity contribution in [1.29, 1.82) is 0 Å². The molecule has 4 nitrogen and oxygen atoms in total. The number of aromatic nitrogens is 1. The number of halogens is 2. The monoisotopic (exact) mass is 271 g/mol. The van der Waals surface area contributed by atoms with Crippen LogP contribution in [-0.2, 0) is 4.74 Å². The molecule has 0 radical (unpaired) electrons. The van der Waals surface area contributed by atoms with E-state index in [1.165, 1.54) is 13.2 Å². The highest BCUT2D eigenvalue weighted by molar-refractivity contribution is 6.36. The SMILES string of the molecule is COC(=O)c1cc(-c2ccc(Cl)cc2Cl)no1. The number of carbonyl (C=O) groups is 1. The summed E-state index contributed by atoms with van der Waals surface area (Å²) in [5.74, 6) is -0.567. The van der Waals surface area contributed by atoms with Crippen molar-refractivity contribution in [2.24, 2.45) is 0 Å². The first-order valence-corrected chi connectivity index (χ1v) is 5.38. The molecule has 1 aromatic heterocycles. The zero-order chi connectivity index (χ0) is 12.4. The molecular formula is C11H7Cl2NO3. The Labute approximate surface area is 107 Å². The van der Waals surface area contributed by atoms with Crippen molar-refractivity contribution in [3.8, 4) is 11.3 Å². The van der Waals surface area contributed by atoms with E-state index in [0.29, 0.717) is 21.3 Å². The fourth-order valence-corrected chi connectivity index (χ4v) is 1.80. The summed E-state index contributed by atoms with van der Waals surface area (Å²) in [6.07, 6.45) is 0. The molecule has 0 saturated heterocycles. The maximum atomic E-state index is 11.2. The van der Waals surface area contributed by atoms with Gasteiger partial charge in [-0.3, -0.25) is 0 Å². The second kappa shape index (κ2) is 4.77. The molecule has 0 aliphatic rings. The normalized spacial score (nSPS) is 10.3. The standard InChI is InChI=1S/C11H7Cl2NO3/c1-16-11(15)10-5-9(14-17-10)7-3-2-6(12)4-8(7)13/h2-5H,1H3. The molecule has 0 N–H and O–H groups in total. The lowest BCUT2D eigenvalue weighted by molar-refractivity contribution is 0.0554. The van der Waals surface area contributed by atoms with Crippen molar-refractivity contribution in [2.45, 2.75) is 0 Å². The maximum Gasteiger partial charge on any atom is 0.376 e. The summed E-state index contributed by atoms with van der Waals surface area (Å²) in [6, 6.07) is 6.42.